The van der Waals surface area contributed by atoms with Crippen LogP contribution in [0.5, 0.6) is 0 Å². The predicted octanol–water partition coefficient (Wildman–Crippen LogP) is 0.272. The molecule has 0 aromatic rings. The molecule has 21 heavy (non-hydrogen) atoms. The first-order valence-electron chi connectivity index (χ1n) is 7.93. The first kappa shape index (κ1) is 16.9. The SMILES string of the molecule is C=CCN(C)CCCC1CCC2(O)CC(O)C(O)CC12O. The van der Waals surface area contributed by atoms with E-state index in [1.807, 2.05) is 13.1 Å². The number of aliphatic hydroxyl groups is 4. The summed E-state index contributed by atoms with van der Waals surface area (Å²) in [6.45, 7) is 5.47. The van der Waals surface area contributed by atoms with Gasteiger partial charge in [0.15, 0.2) is 0 Å². The van der Waals surface area contributed by atoms with E-state index in [-0.39, 0.29) is 18.8 Å². The highest BCUT2D eigenvalue weighted by molar-refractivity contribution is 5.14. The first-order valence-corrected chi connectivity index (χ1v) is 7.93. The van der Waals surface area contributed by atoms with E-state index in [0.717, 1.165) is 32.4 Å². The van der Waals surface area contributed by atoms with Gasteiger partial charge in [0.25, 0.3) is 0 Å². The fraction of sp³-hybridized carbons (Fsp3) is 0.875. The van der Waals surface area contributed by atoms with Gasteiger partial charge in [-0.25, -0.2) is 0 Å². The Morgan fingerprint density at radius 3 is 2.57 bits per heavy atom. The number of rotatable bonds is 6. The summed E-state index contributed by atoms with van der Waals surface area (Å²) >= 11 is 0. The standard InChI is InChI=1S/C16H29NO4/c1-3-8-17(2)9-4-5-12-6-7-15(20)10-13(18)14(19)11-16(12,15)21/h3,12-14,18-21H,1,4-11H2,2H3. The van der Waals surface area contributed by atoms with Crippen molar-refractivity contribution in [3.63, 3.8) is 0 Å². The Balaban J connectivity index is 1.94. The molecule has 4 N–H and O–H groups in total. The predicted molar refractivity (Wildman–Crippen MR) is 80.8 cm³/mol. The number of hydrogen-bond donors (Lipinski definition) is 4. The summed E-state index contributed by atoms with van der Waals surface area (Å²) in [7, 11) is 2.03. The topological polar surface area (TPSA) is 84.2 Å². The van der Waals surface area contributed by atoms with Crippen molar-refractivity contribution in [2.24, 2.45) is 5.92 Å². The minimum Gasteiger partial charge on any atom is -0.390 e. The van der Waals surface area contributed by atoms with Crippen LogP contribution in [0.1, 0.15) is 38.5 Å². The lowest BCUT2D eigenvalue weighted by Crippen LogP contribution is -2.62. The van der Waals surface area contributed by atoms with Gasteiger partial charge in [0, 0.05) is 19.4 Å². The van der Waals surface area contributed by atoms with Crippen molar-refractivity contribution in [1.82, 2.24) is 4.90 Å². The summed E-state index contributed by atoms with van der Waals surface area (Å²) in [6.07, 6.45) is 3.12. The van der Waals surface area contributed by atoms with E-state index in [2.05, 4.69) is 11.5 Å². The molecule has 5 atom stereocenters. The lowest BCUT2D eigenvalue weighted by Gasteiger charge is -2.48. The van der Waals surface area contributed by atoms with Gasteiger partial charge in [-0.3, -0.25) is 0 Å². The van der Waals surface area contributed by atoms with Crippen LogP contribution in [0.4, 0.5) is 0 Å². The molecule has 0 heterocycles. The smallest absolute Gasteiger partial charge is 0.0987 e. The summed E-state index contributed by atoms with van der Waals surface area (Å²) in [6, 6.07) is 0. The fourth-order valence-corrected chi connectivity index (χ4v) is 4.12. The maximum atomic E-state index is 10.9. The zero-order valence-electron chi connectivity index (χ0n) is 12.9. The summed E-state index contributed by atoms with van der Waals surface area (Å²) in [4.78, 5) is 2.16. The van der Waals surface area contributed by atoms with Gasteiger partial charge in [-0.05, 0) is 45.2 Å². The lowest BCUT2D eigenvalue weighted by atomic mass is 9.67. The molecule has 0 aromatic carbocycles. The molecule has 5 heteroatoms. The van der Waals surface area contributed by atoms with Gasteiger partial charge in [0.2, 0.25) is 0 Å². The molecule has 0 radical (unpaired) electrons. The third-order valence-electron chi connectivity index (χ3n) is 5.43. The van der Waals surface area contributed by atoms with Gasteiger partial charge in [0.1, 0.15) is 0 Å². The highest BCUT2D eigenvalue weighted by Crippen LogP contribution is 2.53. The third-order valence-corrected chi connectivity index (χ3v) is 5.43. The molecular formula is C16H29NO4. The zero-order valence-corrected chi connectivity index (χ0v) is 12.9. The molecule has 0 aliphatic heterocycles. The molecule has 2 saturated carbocycles. The highest BCUT2D eigenvalue weighted by atomic mass is 16.4. The summed E-state index contributed by atoms with van der Waals surface area (Å²) < 4.78 is 0. The van der Waals surface area contributed by atoms with Gasteiger partial charge >= 0.3 is 0 Å². The van der Waals surface area contributed by atoms with E-state index in [9.17, 15) is 20.4 Å². The van der Waals surface area contributed by atoms with E-state index in [0.29, 0.717) is 6.42 Å². The van der Waals surface area contributed by atoms with Crippen LogP contribution in [0.25, 0.3) is 0 Å². The fourth-order valence-electron chi connectivity index (χ4n) is 4.12. The van der Waals surface area contributed by atoms with Crippen molar-refractivity contribution in [2.45, 2.75) is 61.9 Å². The van der Waals surface area contributed by atoms with E-state index in [1.165, 1.54) is 0 Å². The van der Waals surface area contributed by atoms with Gasteiger partial charge in [-0.15, -0.1) is 6.58 Å². The van der Waals surface area contributed by atoms with Crippen molar-refractivity contribution in [2.75, 3.05) is 20.1 Å². The molecule has 5 nitrogen and oxygen atoms in total. The van der Waals surface area contributed by atoms with E-state index in [1.54, 1.807) is 0 Å². The molecular weight excluding hydrogens is 270 g/mol. The average Bonchev–Trinajstić information content (AvgIpc) is 2.63. The second-order valence-corrected chi connectivity index (χ2v) is 6.93. The molecule has 0 saturated heterocycles. The highest BCUT2D eigenvalue weighted by Gasteiger charge is 2.62. The van der Waals surface area contributed by atoms with Crippen LogP contribution in [0, 0.1) is 5.92 Å². The van der Waals surface area contributed by atoms with Gasteiger partial charge < -0.3 is 25.3 Å². The van der Waals surface area contributed by atoms with Crippen molar-refractivity contribution < 1.29 is 20.4 Å². The average molecular weight is 299 g/mol. The number of nitrogens with zero attached hydrogens (tertiary/aromatic N) is 1. The maximum absolute atomic E-state index is 10.9. The molecule has 0 amide bonds. The normalized spacial score (nSPS) is 43.0. The zero-order chi connectivity index (χ0) is 15.7. The first-order chi connectivity index (χ1) is 9.82. The molecule has 2 rings (SSSR count). The van der Waals surface area contributed by atoms with E-state index < -0.39 is 23.4 Å². The third kappa shape index (κ3) is 3.17. The van der Waals surface area contributed by atoms with Crippen molar-refractivity contribution >= 4 is 0 Å². The summed E-state index contributed by atoms with van der Waals surface area (Å²) in [5.74, 6) is -0.0122. The second kappa shape index (κ2) is 6.34. The Bertz CT molecular complexity index is 377. The molecule has 5 unspecified atom stereocenters. The number of hydrogen-bond acceptors (Lipinski definition) is 5. The minimum absolute atomic E-state index is 0.0122. The second-order valence-electron chi connectivity index (χ2n) is 6.93. The molecule has 2 fully saturated rings. The van der Waals surface area contributed by atoms with E-state index in [4.69, 9.17) is 0 Å². The van der Waals surface area contributed by atoms with E-state index >= 15 is 0 Å². The van der Waals surface area contributed by atoms with Crippen molar-refractivity contribution in [1.29, 1.82) is 0 Å². The Kier molecular flexibility index (Phi) is 5.11. The number of fused-ring (bicyclic) bond motifs is 1. The van der Waals surface area contributed by atoms with Crippen LogP contribution in [0.3, 0.4) is 0 Å². The molecule has 2 aliphatic rings. The van der Waals surface area contributed by atoms with Crippen molar-refractivity contribution in [3.05, 3.63) is 12.7 Å². The largest absolute Gasteiger partial charge is 0.390 e. The molecule has 0 bridgehead atoms. The number of likely N-dealkylation sites (N-methyl/N-ethyl adjacent to an activating group) is 1. The van der Waals surface area contributed by atoms with Crippen LogP contribution in [0.2, 0.25) is 0 Å². The van der Waals surface area contributed by atoms with Crippen LogP contribution in [0.15, 0.2) is 12.7 Å². The maximum Gasteiger partial charge on any atom is 0.0987 e. The quantitative estimate of drug-likeness (QED) is 0.529. The minimum atomic E-state index is -1.26. The number of aliphatic hydroxyl groups excluding tert-OH is 2. The molecule has 122 valence electrons. The lowest BCUT2D eigenvalue weighted by molar-refractivity contribution is -0.220. The van der Waals surface area contributed by atoms with Gasteiger partial charge in [-0.2, -0.15) is 0 Å². The van der Waals surface area contributed by atoms with Crippen molar-refractivity contribution in [3.8, 4) is 0 Å². The van der Waals surface area contributed by atoms with Gasteiger partial charge in [0.05, 0.1) is 23.4 Å². The Labute approximate surface area is 126 Å². The Hall–Kier alpha value is -0.460. The van der Waals surface area contributed by atoms with Crippen LogP contribution in [-0.2, 0) is 0 Å². The summed E-state index contributed by atoms with van der Waals surface area (Å²) in [5, 5.41) is 41.2. The Morgan fingerprint density at radius 1 is 1.24 bits per heavy atom. The molecule has 0 spiro atoms. The molecule has 2 aliphatic carbocycles. The van der Waals surface area contributed by atoms with Crippen LogP contribution >= 0.6 is 0 Å². The van der Waals surface area contributed by atoms with Crippen LogP contribution < -0.4 is 0 Å². The Morgan fingerprint density at radius 2 is 1.90 bits per heavy atom. The molecule has 0 aromatic heterocycles. The summed E-state index contributed by atoms with van der Waals surface area (Å²) in [5.41, 5.74) is -2.51. The monoisotopic (exact) mass is 299 g/mol. The van der Waals surface area contributed by atoms with Gasteiger partial charge in [-0.1, -0.05) is 6.08 Å². The van der Waals surface area contributed by atoms with Crippen LogP contribution in [-0.4, -0.2) is 68.9 Å².